The molecular weight excluding hydrogens is 386 g/mol. The molecule has 138 valence electrons. The quantitative estimate of drug-likeness (QED) is 0.621. The maximum atomic E-state index is 11.8. The summed E-state index contributed by atoms with van der Waals surface area (Å²) < 4.78 is 25.4. The average Bonchev–Trinajstić information content (AvgIpc) is 3.08. The minimum atomic E-state index is -3.59. The van der Waals surface area contributed by atoms with E-state index in [9.17, 15) is 13.7 Å². The van der Waals surface area contributed by atoms with E-state index in [1.165, 1.54) is 6.20 Å². The Balaban J connectivity index is 2.29. The zero-order valence-electron chi connectivity index (χ0n) is 14.9. The van der Waals surface area contributed by atoms with E-state index < -0.39 is 15.8 Å². The van der Waals surface area contributed by atoms with Crippen LogP contribution in [0, 0.1) is 18.3 Å². The number of imidazole rings is 1. The Hall–Kier alpha value is -2.76. The molecule has 0 bridgehead atoms. The standard InChI is InChI=1S/C18H16ClN5O2S/c1-11-4-5-13(8-14(11)19)17-22-10-15(12(2)9-20)24(17)16-6-7-21-18(23-16)27(3,25)26/h4-8,10,12H,1-3H3. The number of nitriles is 1. The highest BCUT2D eigenvalue weighted by atomic mass is 35.5. The molecule has 0 saturated carbocycles. The van der Waals surface area contributed by atoms with Crippen molar-refractivity contribution in [2.75, 3.05) is 6.26 Å². The van der Waals surface area contributed by atoms with Crippen molar-refractivity contribution in [3.8, 4) is 23.3 Å². The van der Waals surface area contributed by atoms with Gasteiger partial charge in [-0.05, 0) is 31.5 Å². The minimum absolute atomic E-state index is 0.294. The van der Waals surface area contributed by atoms with Crippen molar-refractivity contribution < 1.29 is 8.42 Å². The van der Waals surface area contributed by atoms with Gasteiger partial charge in [-0.3, -0.25) is 4.57 Å². The summed E-state index contributed by atoms with van der Waals surface area (Å²) in [6.07, 6.45) is 3.99. The van der Waals surface area contributed by atoms with Gasteiger partial charge < -0.3 is 0 Å². The van der Waals surface area contributed by atoms with Crippen LogP contribution in [-0.4, -0.2) is 34.2 Å². The molecule has 0 fully saturated rings. The lowest BCUT2D eigenvalue weighted by Gasteiger charge is -2.13. The van der Waals surface area contributed by atoms with Gasteiger partial charge in [-0.15, -0.1) is 0 Å². The molecule has 0 N–H and O–H groups in total. The Morgan fingerprint density at radius 1 is 1.26 bits per heavy atom. The second kappa shape index (κ2) is 7.10. The van der Waals surface area contributed by atoms with Crippen LogP contribution in [-0.2, 0) is 9.84 Å². The first-order chi connectivity index (χ1) is 12.7. The van der Waals surface area contributed by atoms with Crippen LogP contribution in [0.25, 0.3) is 17.2 Å². The molecule has 0 aliphatic carbocycles. The highest BCUT2D eigenvalue weighted by Crippen LogP contribution is 2.30. The van der Waals surface area contributed by atoms with Gasteiger partial charge in [0.15, 0.2) is 0 Å². The minimum Gasteiger partial charge on any atom is -0.279 e. The normalized spacial score (nSPS) is 12.6. The summed E-state index contributed by atoms with van der Waals surface area (Å²) in [5.74, 6) is 0.336. The number of benzene rings is 1. The number of sulfone groups is 1. The molecule has 1 atom stereocenters. The van der Waals surface area contributed by atoms with Crippen molar-refractivity contribution in [3.63, 3.8) is 0 Å². The first-order valence-electron chi connectivity index (χ1n) is 7.99. The fourth-order valence-corrected chi connectivity index (χ4v) is 3.24. The van der Waals surface area contributed by atoms with Gasteiger partial charge in [-0.1, -0.05) is 23.7 Å². The highest BCUT2D eigenvalue weighted by Gasteiger charge is 2.21. The molecule has 2 heterocycles. The molecule has 7 nitrogen and oxygen atoms in total. The predicted molar refractivity (Wildman–Crippen MR) is 101 cm³/mol. The summed E-state index contributed by atoms with van der Waals surface area (Å²) in [6, 6.07) is 9.25. The molecule has 0 amide bonds. The summed E-state index contributed by atoms with van der Waals surface area (Å²) in [6.45, 7) is 3.63. The number of nitrogens with zero attached hydrogens (tertiary/aromatic N) is 5. The molecule has 27 heavy (non-hydrogen) atoms. The zero-order chi connectivity index (χ0) is 19.8. The maximum absolute atomic E-state index is 11.8. The van der Waals surface area contributed by atoms with E-state index in [1.807, 2.05) is 19.1 Å². The Morgan fingerprint density at radius 3 is 2.63 bits per heavy atom. The van der Waals surface area contributed by atoms with Gasteiger partial charge in [-0.2, -0.15) is 5.26 Å². The molecular formula is C18H16ClN5O2S. The monoisotopic (exact) mass is 401 g/mol. The van der Waals surface area contributed by atoms with Crippen molar-refractivity contribution in [2.45, 2.75) is 24.9 Å². The molecule has 1 aromatic carbocycles. The van der Waals surface area contributed by atoms with Gasteiger partial charge in [0.05, 0.1) is 23.9 Å². The van der Waals surface area contributed by atoms with Crippen LogP contribution in [0.1, 0.15) is 24.1 Å². The third-order valence-electron chi connectivity index (χ3n) is 4.04. The van der Waals surface area contributed by atoms with Crippen molar-refractivity contribution in [1.82, 2.24) is 19.5 Å². The smallest absolute Gasteiger partial charge is 0.248 e. The second-order valence-electron chi connectivity index (χ2n) is 6.13. The van der Waals surface area contributed by atoms with E-state index in [0.717, 1.165) is 17.4 Å². The van der Waals surface area contributed by atoms with Gasteiger partial charge >= 0.3 is 0 Å². The van der Waals surface area contributed by atoms with E-state index in [0.29, 0.717) is 22.4 Å². The maximum Gasteiger partial charge on any atom is 0.248 e. The topological polar surface area (TPSA) is 102 Å². The van der Waals surface area contributed by atoms with E-state index in [1.54, 1.807) is 29.8 Å². The fourth-order valence-electron chi connectivity index (χ4n) is 2.55. The third-order valence-corrected chi connectivity index (χ3v) is 5.30. The Kier molecular flexibility index (Phi) is 5.00. The molecule has 3 aromatic rings. The number of hydrogen-bond acceptors (Lipinski definition) is 6. The first-order valence-corrected chi connectivity index (χ1v) is 10.3. The van der Waals surface area contributed by atoms with Gasteiger partial charge in [0, 0.05) is 23.0 Å². The number of aromatic nitrogens is 4. The lowest BCUT2D eigenvalue weighted by molar-refractivity contribution is 0.592. The van der Waals surface area contributed by atoms with Crippen LogP contribution in [0.2, 0.25) is 5.02 Å². The van der Waals surface area contributed by atoms with E-state index in [2.05, 4.69) is 21.0 Å². The molecule has 1 unspecified atom stereocenters. The second-order valence-corrected chi connectivity index (χ2v) is 8.44. The lowest BCUT2D eigenvalue weighted by Crippen LogP contribution is -2.11. The van der Waals surface area contributed by atoms with Crippen molar-refractivity contribution in [2.24, 2.45) is 0 Å². The fraction of sp³-hybridized carbons (Fsp3) is 0.222. The molecule has 0 saturated heterocycles. The van der Waals surface area contributed by atoms with Gasteiger partial charge in [0.2, 0.25) is 15.0 Å². The first kappa shape index (κ1) is 19.0. The van der Waals surface area contributed by atoms with Crippen LogP contribution >= 0.6 is 11.6 Å². The molecule has 0 radical (unpaired) electrons. The molecule has 0 aliphatic rings. The summed E-state index contributed by atoms with van der Waals surface area (Å²) in [7, 11) is -3.59. The highest BCUT2D eigenvalue weighted by molar-refractivity contribution is 7.90. The largest absolute Gasteiger partial charge is 0.279 e. The summed E-state index contributed by atoms with van der Waals surface area (Å²) in [5, 5.41) is 9.65. The number of hydrogen-bond donors (Lipinski definition) is 0. The molecule has 3 rings (SSSR count). The molecule has 9 heteroatoms. The summed E-state index contributed by atoms with van der Waals surface area (Å²) in [4.78, 5) is 12.4. The Labute approximate surface area is 162 Å². The zero-order valence-corrected chi connectivity index (χ0v) is 16.5. The average molecular weight is 402 g/mol. The van der Waals surface area contributed by atoms with Crippen molar-refractivity contribution >= 4 is 21.4 Å². The van der Waals surface area contributed by atoms with Crippen LogP contribution in [0.15, 0.2) is 41.8 Å². The Morgan fingerprint density at radius 2 is 2.00 bits per heavy atom. The molecule has 0 spiro atoms. The number of halogens is 1. The van der Waals surface area contributed by atoms with Gasteiger partial charge in [-0.25, -0.2) is 23.4 Å². The van der Waals surface area contributed by atoms with Crippen molar-refractivity contribution in [3.05, 3.63) is 52.9 Å². The van der Waals surface area contributed by atoms with E-state index in [-0.39, 0.29) is 5.16 Å². The number of aryl methyl sites for hydroxylation is 1. The van der Waals surface area contributed by atoms with Gasteiger partial charge in [0.1, 0.15) is 11.6 Å². The predicted octanol–water partition coefficient (Wildman–Crippen LogP) is 3.32. The van der Waals surface area contributed by atoms with Gasteiger partial charge in [0.25, 0.3) is 0 Å². The summed E-state index contributed by atoms with van der Waals surface area (Å²) in [5.41, 5.74) is 2.23. The van der Waals surface area contributed by atoms with E-state index >= 15 is 0 Å². The summed E-state index contributed by atoms with van der Waals surface area (Å²) >= 11 is 6.25. The number of rotatable bonds is 4. The van der Waals surface area contributed by atoms with Crippen LogP contribution in [0.5, 0.6) is 0 Å². The van der Waals surface area contributed by atoms with Crippen LogP contribution in [0.3, 0.4) is 0 Å². The van der Waals surface area contributed by atoms with Crippen LogP contribution < -0.4 is 0 Å². The lowest BCUT2D eigenvalue weighted by atomic mass is 10.1. The van der Waals surface area contributed by atoms with Crippen LogP contribution in [0.4, 0.5) is 0 Å². The SMILES string of the molecule is Cc1ccc(-c2ncc(C(C)C#N)n2-c2ccnc(S(C)(=O)=O)n2)cc1Cl. The third kappa shape index (κ3) is 3.70. The van der Waals surface area contributed by atoms with E-state index in [4.69, 9.17) is 11.6 Å². The Bertz CT molecular complexity index is 1160. The molecule has 2 aromatic heterocycles. The molecule has 0 aliphatic heterocycles. The van der Waals surface area contributed by atoms with Crippen molar-refractivity contribution in [1.29, 1.82) is 5.26 Å².